The summed E-state index contributed by atoms with van der Waals surface area (Å²) >= 11 is 5.99. The van der Waals surface area contributed by atoms with Crippen molar-refractivity contribution in [1.82, 2.24) is 14.9 Å². The molecule has 2 heterocycles. The number of nitrogens with zero attached hydrogens (tertiary/aromatic N) is 5. The van der Waals surface area contributed by atoms with Crippen LogP contribution in [-0.2, 0) is 19.6 Å². The molecule has 0 radical (unpaired) electrons. The minimum atomic E-state index is -4.07. The predicted molar refractivity (Wildman–Crippen MR) is 174 cm³/mol. The van der Waals surface area contributed by atoms with Crippen LogP contribution in [-0.4, -0.2) is 84.8 Å². The number of halogens is 1. The molecular weight excluding hydrogens is 620 g/mol. The average molecular weight is 661 g/mol. The standard InChI is InChI=1S/C31H41ClN6O6S/c1-5-36(6-2)29-33-21-26(38(7-3)45(42,43)24-12-10-23(32)11-13-24)27(35-29)34-25(28(39)40)20-22-14-16-31(4,17-15-22)44-30(41)37-18-8-9-19-37/h10-16,21,25H,5-9,17-20H2,1-4H3,(H,39,40)(H,33,34,35)/t25-,31?/m0/s1. The lowest BCUT2D eigenvalue weighted by Gasteiger charge is -2.31. The Balaban J connectivity index is 1.61. The molecule has 2 N–H and O–H groups in total. The number of likely N-dealkylation sites (tertiary alicyclic amines) is 1. The van der Waals surface area contributed by atoms with E-state index in [0.717, 1.165) is 22.7 Å². The van der Waals surface area contributed by atoms with Gasteiger partial charge >= 0.3 is 12.1 Å². The number of rotatable bonds is 13. The van der Waals surface area contributed by atoms with E-state index >= 15 is 0 Å². The predicted octanol–water partition coefficient (Wildman–Crippen LogP) is 5.32. The maximum Gasteiger partial charge on any atom is 0.410 e. The molecule has 1 aromatic heterocycles. The van der Waals surface area contributed by atoms with Crippen molar-refractivity contribution in [1.29, 1.82) is 0 Å². The molecule has 1 aliphatic heterocycles. The summed E-state index contributed by atoms with van der Waals surface area (Å²) in [6.07, 6.45) is 8.84. The van der Waals surface area contributed by atoms with Crippen molar-refractivity contribution < 1.29 is 27.9 Å². The number of allylic oxidation sites excluding steroid dienone is 1. The fourth-order valence-electron chi connectivity index (χ4n) is 5.26. The molecule has 12 nitrogen and oxygen atoms in total. The minimum absolute atomic E-state index is 0.0216. The number of aliphatic carboxylic acids is 1. The van der Waals surface area contributed by atoms with E-state index in [4.69, 9.17) is 16.3 Å². The third-order valence-electron chi connectivity index (χ3n) is 7.91. The van der Waals surface area contributed by atoms with Crippen LogP contribution in [0.2, 0.25) is 5.02 Å². The van der Waals surface area contributed by atoms with Gasteiger partial charge in [-0.1, -0.05) is 23.8 Å². The summed E-state index contributed by atoms with van der Waals surface area (Å²) in [6.45, 7) is 9.97. The Bertz CT molecular complexity index is 1540. The van der Waals surface area contributed by atoms with Gasteiger partial charge < -0.3 is 25.0 Å². The average Bonchev–Trinajstić information content (AvgIpc) is 3.55. The maximum absolute atomic E-state index is 13.7. The largest absolute Gasteiger partial charge is 0.480 e. The third-order valence-corrected chi connectivity index (χ3v) is 10.1. The zero-order valence-corrected chi connectivity index (χ0v) is 27.6. The van der Waals surface area contributed by atoms with Gasteiger partial charge in [0.05, 0.1) is 11.1 Å². The lowest BCUT2D eigenvalue weighted by atomic mass is 9.91. The van der Waals surface area contributed by atoms with Crippen LogP contribution >= 0.6 is 11.6 Å². The number of carbonyl (C=O) groups is 2. The normalized spacial score (nSPS) is 18.7. The van der Waals surface area contributed by atoms with Gasteiger partial charge in [-0.25, -0.2) is 23.0 Å². The molecule has 14 heteroatoms. The molecule has 244 valence electrons. The van der Waals surface area contributed by atoms with E-state index in [9.17, 15) is 23.1 Å². The summed E-state index contributed by atoms with van der Waals surface area (Å²) in [5, 5.41) is 13.6. The van der Waals surface area contributed by atoms with Gasteiger partial charge in [0.25, 0.3) is 10.0 Å². The molecule has 1 fully saturated rings. The highest BCUT2D eigenvalue weighted by molar-refractivity contribution is 7.92. The third kappa shape index (κ3) is 8.06. The van der Waals surface area contributed by atoms with Crippen LogP contribution in [0.25, 0.3) is 0 Å². The number of amides is 1. The quantitative estimate of drug-likeness (QED) is 0.289. The monoisotopic (exact) mass is 660 g/mol. The summed E-state index contributed by atoms with van der Waals surface area (Å²) in [5.74, 6) is -0.734. The number of aromatic nitrogens is 2. The molecule has 0 bridgehead atoms. The number of anilines is 3. The van der Waals surface area contributed by atoms with E-state index < -0.39 is 27.6 Å². The summed E-state index contributed by atoms with van der Waals surface area (Å²) in [4.78, 5) is 37.8. The Morgan fingerprint density at radius 3 is 2.36 bits per heavy atom. The highest BCUT2D eigenvalue weighted by Gasteiger charge is 2.33. The van der Waals surface area contributed by atoms with Gasteiger partial charge in [-0.3, -0.25) is 4.31 Å². The second-order valence-corrected chi connectivity index (χ2v) is 13.4. The number of ether oxygens (including phenoxy) is 1. The first-order chi connectivity index (χ1) is 21.4. The molecule has 4 rings (SSSR count). The van der Waals surface area contributed by atoms with Crippen LogP contribution < -0.4 is 14.5 Å². The number of carbonyl (C=O) groups excluding carboxylic acids is 1. The lowest BCUT2D eigenvalue weighted by Crippen LogP contribution is -2.38. The van der Waals surface area contributed by atoms with Crippen molar-refractivity contribution in [2.75, 3.05) is 47.2 Å². The maximum atomic E-state index is 13.7. The van der Waals surface area contributed by atoms with Crippen molar-refractivity contribution in [3.63, 3.8) is 0 Å². The van der Waals surface area contributed by atoms with E-state index in [1.54, 1.807) is 24.0 Å². The van der Waals surface area contributed by atoms with E-state index in [1.807, 2.05) is 31.7 Å². The Kier molecular flexibility index (Phi) is 11.0. The molecule has 1 saturated heterocycles. The summed E-state index contributed by atoms with van der Waals surface area (Å²) < 4.78 is 34.4. The van der Waals surface area contributed by atoms with Crippen molar-refractivity contribution >= 4 is 51.1 Å². The number of carboxylic acids is 1. The molecule has 2 aromatic rings. The number of hydrogen-bond acceptors (Lipinski definition) is 9. The Morgan fingerprint density at radius 1 is 1.13 bits per heavy atom. The number of benzene rings is 1. The smallest absolute Gasteiger partial charge is 0.410 e. The van der Waals surface area contributed by atoms with Crippen molar-refractivity contribution in [2.45, 2.75) is 69.9 Å². The van der Waals surface area contributed by atoms with Gasteiger partial charge in [0.1, 0.15) is 17.3 Å². The van der Waals surface area contributed by atoms with Gasteiger partial charge in [-0.2, -0.15) is 4.98 Å². The molecule has 2 aliphatic rings. The first-order valence-electron chi connectivity index (χ1n) is 15.2. The lowest BCUT2D eigenvalue weighted by molar-refractivity contribution is -0.137. The number of nitrogens with one attached hydrogen (secondary N) is 1. The number of hydrogen-bond donors (Lipinski definition) is 2. The number of carboxylic acid groups (broad SMARTS) is 1. The second-order valence-electron chi connectivity index (χ2n) is 11.1. The molecule has 1 aromatic carbocycles. The van der Waals surface area contributed by atoms with Crippen LogP contribution in [0.15, 0.2) is 59.2 Å². The summed E-state index contributed by atoms with van der Waals surface area (Å²) in [7, 11) is -4.07. The van der Waals surface area contributed by atoms with Gasteiger partial charge in [0.2, 0.25) is 5.95 Å². The summed E-state index contributed by atoms with van der Waals surface area (Å²) in [6, 6.07) is 4.65. The second kappa shape index (κ2) is 14.5. The van der Waals surface area contributed by atoms with Gasteiger partial charge in [-0.15, -0.1) is 0 Å². The molecular formula is C31H41ClN6O6S. The molecule has 0 spiro atoms. The van der Waals surface area contributed by atoms with Crippen molar-refractivity contribution in [3.8, 4) is 0 Å². The number of sulfonamides is 1. The molecule has 1 unspecified atom stereocenters. The SMILES string of the molecule is CCN(CC)c1ncc(N(CC)S(=O)(=O)c2ccc(Cl)cc2)c(N[C@@H](CC2=CCC(C)(OC(=O)N3CCCC3)C=C2)C(=O)O)n1. The highest BCUT2D eigenvalue weighted by Crippen LogP contribution is 2.33. The Labute approximate surface area is 269 Å². The van der Waals surface area contributed by atoms with E-state index in [-0.39, 0.29) is 35.5 Å². The Hall–Kier alpha value is -3.84. The van der Waals surface area contributed by atoms with Crippen LogP contribution in [0.1, 0.15) is 53.4 Å². The minimum Gasteiger partial charge on any atom is -0.480 e. The van der Waals surface area contributed by atoms with E-state index in [1.165, 1.54) is 30.5 Å². The van der Waals surface area contributed by atoms with Crippen molar-refractivity contribution in [2.24, 2.45) is 0 Å². The summed E-state index contributed by atoms with van der Waals surface area (Å²) in [5.41, 5.74) is 0.000305. The highest BCUT2D eigenvalue weighted by atomic mass is 35.5. The molecule has 2 atom stereocenters. The van der Waals surface area contributed by atoms with Crippen LogP contribution in [0.5, 0.6) is 0 Å². The van der Waals surface area contributed by atoms with E-state index in [0.29, 0.717) is 43.6 Å². The zero-order valence-electron chi connectivity index (χ0n) is 26.1. The van der Waals surface area contributed by atoms with Crippen molar-refractivity contribution in [3.05, 3.63) is 59.3 Å². The van der Waals surface area contributed by atoms with Crippen LogP contribution in [0.4, 0.5) is 22.2 Å². The fraction of sp³-hybridized carbons (Fsp3) is 0.484. The van der Waals surface area contributed by atoms with Gasteiger partial charge in [0, 0.05) is 50.6 Å². The Morgan fingerprint density at radius 2 is 1.80 bits per heavy atom. The van der Waals surface area contributed by atoms with Crippen LogP contribution in [0.3, 0.4) is 0 Å². The topological polar surface area (TPSA) is 145 Å². The molecule has 1 amide bonds. The zero-order chi connectivity index (χ0) is 32.8. The molecule has 0 saturated carbocycles. The van der Waals surface area contributed by atoms with Crippen LogP contribution in [0, 0.1) is 0 Å². The molecule has 45 heavy (non-hydrogen) atoms. The van der Waals surface area contributed by atoms with Gasteiger partial charge in [0.15, 0.2) is 5.82 Å². The first-order valence-corrected chi connectivity index (χ1v) is 17.0. The fourth-order valence-corrected chi connectivity index (χ4v) is 6.85. The van der Waals surface area contributed by atoms with Gasteiger partial charge in [-0.05, 0) is 76.5 Å². The molecule has 1 aliphatic carbocycles. The van der Waals surface area contributed by atoms with E-state index in [2.05, 4.69) is 15.3 Å². The first kappa shape index (κ1) is 34.0.